The van der Waals surface area contributed by atoms with E-state index in [-0.39, 0.29) is 0 Å². The van der Waals surface area contributed by atoms with Gasteiger partial charge in [-0.2, -0.15) is 0 Å². The van der Waals surface area contributed by atoms with Gasteiger partial charge >= 0.3 is 0 Å². The number of nitrogens with one attached hydrogen (secondary N) is 1. The largest absolute Gasteiger partial charge is 0.315 e. The van der Waals surface area contributed by atoms with Gasteiger partial charge in [0.1, 0.15) is 0 Å². The maximum atomic E-state index is 3.65. The molecule has 1 N–H and O–H groups in total. The molecule has 0 aromatic rings. The van der Waals surface area contributed by atoms with Gasteiger partial charge < -0.3 is 5.32 Å². The Morgan fingerprint density at radius 1 is 1.05 bits per heavy atom. The molecule has 0 bridgehead atoms. The van der Waals surface area contributed by atoms with Gasteiger partial charge in [0.25, 0.3) is 0 Å². The van der Waals surface area contributed by atoms with E-state index in [0.29, 0.717) is 11.5 Å². The highest BCUT2D eigenvalue weighted by molar-refractivity contribution is 4.95. The van der Waals surface area contributed by atoms with Crippen LogP contribution in [0.3, 0.4) is 0 Å². The van der Waals surface area contributed by atoms with Crippen LogP contribution in [-0.4, -0.2) is 36.6 Å². The zero-order valence-electron chi connectivity index (χ0n) is 15.1. The summed E-state index contributed by atoms with van der Waals surface area (Å²) in [5.41, 5.74) is 0.463. The smallest absolute Gasteiger partial charge is 0.0254 e. The molecule has 0 aromatic carbocycles. The molecular weight excluding hydrogens is 256 g/mol. The summed E-state index contributed by atoms with van der Waals surface area (Å²) >= 11 is 0. The van der Waals surface area contributed by atoms with E-state index < -0.39 is 0 Å². The number of hydrogen-bond acceptors (Lipinski definition) is 2. The molecule has 2 rings (SSSR count). The second kappa shape index (κ2) is 7.46. The molecule has 1 saturated heterocycles. The van der Waals surface area contributed by atoms with Crippen molar-refractivity contribution < 1.29 is 0 Å². The van der Waals surface area contributed by atoms with E-state index in [1.54, 1.807) is 0 Å². The second-order valence-electron chi connectivity index (χ2n) is 8.49. The Hall–Kier alpha value is -0.0800. The molecule has 1 aliphatic heterocycles. The molecule has 2 fully saturated rings. The molecule has 2 aliphatic rings. The van der Waals surface area contributed by atoms with Crippen molar-refractivity contribution in [3.63, 3.8) is 0 Å². The van der Waals surface area contributed by atoms with Gasteiger partial charge in [-0.05, 0) is 63.5 Å². The zero-order chi connectivity index (χ0) is 15.5. The van der Waals surface area contributed by atoms with Crippen LogP contribution in [0.5, 0.6) is 0 Å². The first kappa shape index (κ1) is 17.3. The van der Waals surface area contributed by atoms with Gasteiger partial charge in [0, 0.05) is 18.1 Å². The van der Waals surface area contributed by atoms with Gasteiger partial charge in [0.15, 0.2) is 0 Å². The number of nitrogens with zero attached hydrogens (tertiary/aromatic N) is 1. The van der Waals surface area contributed by atoms with Crippen molar-refractivity contribution in [2.24, 2.45) is 11.3 Å². The summed E-state index contributed by atoms with van der Waals surface area (Å²) < 4.78 is 0. The molecule has 4 atom stereocenters. The topological polar surface area (TPSA) is 15.3 Å². The summed E-state index contributed by atoms with van der Waals surface area (Å²) in [7, 11) is 2.17. The Morgan fingerprint density at radius 3 is 2.43 bits per heavy atom. The maximum absolute atomic E-state index is 3.65. The van der Waals surface area contributed by atoms with Gasteiger partial charge in [0.05, 0.1) is 0 Å². The van der Waals surface area contributed by atoms with Crippen molar-refractivity contribution in [1.29, 1.82) is 0 Å². The molecule has 21 heavy (non-hydrogen) atoms. The summed E-state index contributed by atoms with van der Waals surface area (Å²) in [6.07, 6.45) is 11.2. The molecule has 0 aromatic heterocycles. The van der Waals surface area contributed by atoms with Crippen LogP contribution in [0.15, 0.2) is 0 Å². The average molecular weight is 295 g/mol. The highest BCUT2D eigenvalue weighted by atomic mass is 15.2. The quantitative estimate of drug-likeness (QED) is 0.827. The Bertz CT molecular complexity index is 307. The van der Waals surface area contributed by atoms with Crippen LogP contribution in [0.1, 0.15) is 79.1 Å². The summed E-state index contributed by atoms with van der Waals surface area (Å²) in [5.74, 6) is 0.882. The van der Waals surface area contributed by atoms with Gasteiger partial charge in [-0.1, -0.05) is 40.5 Å². The number of likely N-dealkylation sites (N-methyl/N-ethyl adjacent to an activating group) is 1. The number of rotatable bonds is 3. The minimum absolute atomic E-state index is 0.463. The Labute approximate surface area is 133 Å². The second-order valence-corrected chi connectivity index (χ2v) is 8.49. The Balaban J connectivity index is 2.14. The first-order valence-corrected chi connectivity index (χ1v) is 9.40. The normalized spacial score (nSPS) is 36.4. The first-order valence-electron chi connectivity index (χ1n) is 9.40. The Morgan fingerprint density at radius 2 is 1.81 bits per heavy atom. The van der Waals surface area contributed by atoms with Crippen LogP contribution in [0, 0.1) is 11.3 Å². The standard InChI is InChI=1S/C19H38N2/c1-6-16-10-8-7-9-13-21(16)18-14-15(19(2,3)4)11-12-17(18)20-5/h15-18,20H,6-14H2,1-5H3. The van der Waals surface area contributed by atoms with Crippen molar-refractivity contribution in [2.45, 2.75) is 97.2 Å². The average Bonchev–Trinajstić information content (AvgIpc) is 2.70. The molecule has 0 amide bonds. The highest BCUT2D eigenvalue weighted by Crippen LogP contribution is 2.40. The molecule has 1 aliphatic carbocycles. The third kappa shape index (κ3) is 4.22. The van der Waals surface area contributed by atoms with E-state index in [2.05, 4.69) is 45.0 Å². The summed E-state index contributed by atoms with van der Waals surface area (Å²) in [6.45, 7) is 11.0. The monoisotopic (exact) mass is 294 g/mol. The SMILES string of the molecule is CCC1CCCCCN1C1CC(C(C)(C)C)CCC1NC. The van der Waals surface area contributed by atoms with E-state index >= 15 is 0 Å². The van der Waals surface area contributed by atoms with Crippen molar-refractivity contribution in [1.82, 2.24) is 10.2 Å². The van der Waals surface area contributed by atoms with Crippen molar-refractivity contribution >= 4 is 0 Å². The van der Waals surface area contributed by atoms with Crippen LogP contribution in [0.25, 0.3) is 0 Å². The summed E-state index contributed by atoms with van der Waals surface area (Å²) in [4.78, 5) is 2.91. The third-order valence-electron chi connectivity index (χ3n) is 6.23. The van der Waals surface area contributed by atoms with Crippen LogP contribution >= 0.6 is 0 Å². The molecule has 4 unspecified atom stereocenters. The zero-order valence-corrected chi connectivity index (χ0v) is 15.1. The van der Waals surface area contributed by atoms with E-state index in [0.717, 1.165) is 18.0 Å². The fourth-order valence-electron chi connectivity index (χ4n) is 4.71. The number of likely N-dealkylation sites (tertiary alicyclic amines) is 1. The van der Waals surface area contributed by atoms with Gasteiger partial charge in [-0.25, -0.2) is 0 Å². The van der Waals surface area contributed by atoms with E-state index in [9.17, 15) is 0 Å². The molecular formula is C19H38N2. The Kier molecular flexibility index (Phi) is 6.14. The summed E-state index contributed by atoms with van der Waals surface area (Å²) in [5, 5.41) is 3.65. The first-order chi connectivity index (χ1) is 9.97. The van der Waals surface area contributed by atoms with Crippen LogP contribution in [-0.2, 0) is 0 Å². The summed E-state index contributed by atoms with van der Waals surface area (Å²) in [6, 6.07) is 2.29. The van der Waals surface area contributed by atoms with Crippen LogP contribution in [0.2, 0.25) is 0 Å². The third-order valence-corrected chi connectivity index (χ3v) is 6.23. The lowest BCUT2D eigenvalue weighted by molar-refractivity contribution is 0.0345. The minimum Gasteiger partial charge on any atom is -0.315 e. The van der Waals surface area contributed by atoms with E-state index in [4.69, 9.17) is 0 Å². The van der Waals surface area contributed by atoms with Crippen molar-refractivity contribution in [3.05, 3.63) is 0 Å². The number of hydrogen-bond donors (Lipinski definition) is 1. The molecule has 2 nitrogen and oxygen atoms in total. The molecule has 1 heterocycles. The fraction of sp³-hybridized carbons (Fsp3) is 1.00. The van der Waals surface area contributed by atoms with E-state index in [1.165, 1.54) is 57.9 Å². The van der Waals surface area contributed by atoms with Crippen LogP contribution < -0.4 is 5.32 Å². The lowest BCUT2D eigenvalue weighted by atomic mass is 9.69. The molecule has 0 spiro atoms. The lowest BCUT2D eigenvalue weighted by Gasteiger charge is -2.48. The molecule has 2 heteroatoms. The van der Waals surface area contributed by atoms with Crippen molar-refractivity contribution in [3.8, 4) is 0 Å². The fourth-order valence-corrected chi connectivity index (χ4v) is 4.71. The highest BCUT2D eigenvalue weighted by Gasteiger charge is 2.39. The van der Waals surface area contributed by atoms with Gasteiger partial charge in [-0.15, -0.1) is 0 Å². The minimum atomic E-state index is 0.463. The van der Waals surface area contributed by atoms with E-state index in [1.807, 2.05) is 0 Å². The predicted octanol–water partition coefficient (Wildman–Crippen LogP) is 4.44. The lowest BCUT2D eigenvalue weighted by Crippen LogP contribution is -2.56. The molecule has 0 radical (unpaired) electrons. The molecule has 1 saturated carbocycles. The van der Waals surface area contributed by atoms with Gasteiger partial charge in [-0.3, -0.25) is 4.90 Å². The molecule has 124 valence electrons. The predicted molar refractivity (Wildman–Crippen MR) is 92.7 cm³/mol. The van der Waals surface area contributed by atoms with Crippen LogP contribution in [0.4, 0.5) is 0 Å². The van der Waals surface area contributed by atoms with Crippen molar-refractivity contribution in [2.75, 3.05) is 13.6 Å². The van der Waals surface area contributed by atoms with Gasteiger partial charge in [0.2, 0.25) is 0 Å². The maximum Gasteiger partial charge on any atom is 0.0254 e.